The molecule has 1 heterocycles. The summed E-state index contributed by atoms with van der Waals surface area (Å²) in [7, 11) is 0. The third-order valence-electron chi connectivity index (χ3n) is 3.44. The van der Waals surface area contributed by atoms with E-state index in [2.05, 4.69) is 16.4 Å². The van der Waals surface area contributed by atoms with Gasteiger partial charge in [0.2, 0.25) is 0 Å². The molecule has 0 bridgehead atoms. The smallest absolute Gasteiger partial charge is 0.186 e. The predicted octanol–water partition coefficient (Wildman–Crippen LogP) is 3.15. The van der Waals surface area contributed by atoms with Gasteiger partial charge >= 0.3 is 0 Å². The standard InChI is InChI=1S/C18H16N4O/c19-14-17-18(12-7-13-23-16-10-5-2-6-11-16)22(21-20-17)15-8-3-1-4-9-15/h1-6,8-11H,7,12-13H2. The number of nitriles is 1. The molecule has 1 aromatic heterocycles. The van der Waals surface area contributed by atoms with Crippen molar-refractivity contribution >= 4 is 0 Å². The van der Waals surface area contributed by atoms with Gasteiger partial charge in [-0.25, -0.2) is 4.68 Å². The van der Waals surface area contributed by atoms with E-state index in [0.717, 1.165) is 23.6 Å². The minimum absolute atomic E-state index is 0.369. The molecule has 3 aromatic rings. The van der Waals surface area contributed by atoms with Crippen LogP contribution in [0.1, 0.15) is 17.8 Å². The first-order valence-electron chi connectivity index (χ1n) is 7.46. The molecule has 0 N–H and O–H groups in total. The Labute approximate surface area is 134 Å². The highest BCUT2D eigenvalue weighted by Crippen LogP contribution is 2.15. The average Bonchev–Trinajstić information content (AvgIpc) is 3.03. The summed E-state index contributed by atoms with van der Waals surface area (Å²) in [6.07, 6.45) is 1.46. The van der Waals surface area contributed by atoms with Crippen LogP contribution in [0.4, 0.5) is 0 Å². The summed E-state index contributed by atoms with van der Waals surface area (Å²) in [5, 5.41) is 17.3. The summed E-state index contributed by atoms with van der Waals surface area (Å²) in [6, 6.07) is 21.5. The van der Waals surface area contributed by atoms with Crippen LogP contribution in [0.15, 0.2) is 60.7 Å². The Balaban J connectivity index is 1.68. The van der Waals surface area contributed by atoms with Gasteiger partial charge in [-0.1, -0.05) is 41.6 Å². The fourth-order valence-electron chi connectivity index (χ4n) is 2.34. The molecule has 5 heteroatoms. The number of hydrogen-bond donors (Lipinski definition) is 0. The summed E-state index contributed by atoms with van der Waals surface area (Å²) >= 11 is 0. The van der Waals surface area contributed by atoms with E-state index in [1.165, 1.54) is 0 Å². The van der Waals surface area contributed by atoms with Crippen LogP contribution in [-0.4, -0.2) is 21.6 Å². The van der Waals surface area contributed by atoms with Gasteiger partial charge in [0.05, 0.1) is 18.0 Å². The van der Waals surface area contributed by atoms with Crippen molar-refractivity contribution in [3.05, 3.63) is 72.1 Å². The Bertz CT molecular complexity index is 791. The van der Waals surface area contributed by atoms with Crippen molar-refractivity contribution in [1.82, 2.24) is 15.0 Å². The van der Waals surface area contributed by atoms with Crippen molar-refractivity contribution in [3.8, 4) is 17.5 Å². The van der Waals surface area contributed by atoms with Gasteiger partial charge in [-0.05, 0) is 37.1 Å². The van der Waals surface area contributed by atoms with E-state index in [9.17, 15) is 5.26 Å². The molecule has 0 saturated carbocycles. The Hall–Kier alpha value is -3.13. The minimum Gasteiger partial charge on any atom is -0.494 e. The number of hydrogen-bond acceptors (Lipinski definition) is 4. The Morgan fingerprint density at radius 1 is 1.00 bits per heavy atom. The van der Waals surface area contributed by atoms with Crippen LogP contribution in [0.2, 0.25) is 0 Å². The Morgan fingerprint density at radius 2 is 1.70 bits per heavy atom. The molecule has 3 rings (SSSR count). The Morgan fingerprint density at radius 3 is 2.39 bits per heavy atom. The van der Waals surface area contributed by atoms with Crippen molar-refractivity contribution < 1.29 is 4.74 Å². The SMILES string of the molecule is N#Cc1nnn(-c2ccccc2)c1CCCOc1ccccc1. The highest BCUT2D eigenvalue weighted by Gasteiger charge is 2.13. The van der Waals surface area contributed by atoms with Gasteiger partial charge in [-0.2, -0.15) is 5.26 Å². The zero-order chi connectivity index (χ0) is 15.9. The molecule has 0 aliphatic carbocycles. The first kappa shape index (κ1) is 14.8. The van der Waals surface area contributed by atoms with Gasteiger partial charge in [-0.3, -0.25) is 0 Å². The zero-order valence-electron chi connectivity index (χ0n) is 12.6. The maximum absolute atomic E-state index is 9.22. The zero-order valence-corrected chi connectivity index (χ0v) is 12.6. The number of rotatable bonds is 6. The molecular weight excluding hydrogens is 288 g/mol. The van der Waals surface area contributed by atoms with Crippen molar-refractivity contribution in [2.45, 2.75) is 12.8 Å². The maximum atomic E-state index is 9.22. The molecule has 0 unspecified atom stereocenters. The van der Waals surface area contributed by atoms with Gasteiger partial charge in [0, 0.05) is 0 Å². The summed E-state index contributed by atoms with van der Waals surface area (Å²) < 4.78 is 7.41. The second-order valence-corrected chi connectivity index (χ2v) is 5.01. The quantitative estimate of drug-likeness (QED) is 0.656. The van der Waals surface area contributed by atoms with Crippen molar-refractivity contribution in [2.24, 2.45) is 0 Å². The molecule has 0 spiro atoms. The van der Waals surface area contributed by atoms with Crippen LogP contribution in [-0.2, 0) is 6.42 Å². The fraction of sp³-hybridized carbons (Fsp3) is 0.167. The van der Waals surface area contributed by atoms with Crippen molar-refractivity contribution in [2.75, 3.05) is 6.61 Å². The van der Waals surface area contributed by atoms with Gasteiger partial charge in [0.1, 0.15) is 11.8 Å². The van der Waals surface area contributed by atoms with Crippen LogP contribution in [0.5, 0.6) is 5.75 Å². The fourth-order valence-corrected chi connectivity index (χ4v) is 2.34. The van der Waals surface area contributed by atoms with E-state index in [1.54, 1.807) is 4.68 Å². The van der Waals surface area contributed by atoms with Crippen molar-refractivity contribution in [3.63, 3.8) is 0 Å². The first-order chi connectivity index (χ1) is 11.4. The molecule has 0 aliphatic rings. The monoisotopic (exact) mass is 304 g/mol. The molecule has 23 heavy (non-hydrogen) atoms. The molecule has 0 radical (unpaired) electrons. The number of nitrogens with zero attached hydrogens (tertiary/aromatic N) is 4. The Kier molecular flexibility index (Phi) is 4.65. The summed E-state index contributed by atoms with van der Waals surface area (Å²) in [5.74, 6) is 0.850. The largest absolute Gasteiger partial charge is 0.494 e. The van der Waals surface area contributed by atoms with Crippen molar-refractivity contribution in [1.29, 1.82) is 5.26 Å². The lowest BCUT2D eigenvalue weighted by atomic mass is 10.2. The molecule has 0 saturated heterocycles. The van der Waals surface area contributed by atoms with Crippen LogP contribution in [0, 0.1) is 11.3 Å². The highest BCUT2D eigenvalue weighted by molar-refractivity contribution is 5.36. The van der Waals surface area contributed by atoms with Gasteiger partial charge in [-0.15, -0.1) is 5.10 Å². The second kappa shape index (κ2) is 7.23. The number of benzene rings is 2. The first-order valence-corrected chi connectivity index (χ1v) is 7.46. The summed E-state index contributed by atoms with van der Waals surface area (Å²) in [5.41, 5.74) is 2.09. The van der Waals surface area contributed by atoms with E-state index in [0.29, 0.717) is 18.7 Å². The number of aromatic nitrogens is 3. The molecule has 0 atom stereocenters. The maximum Gasteiger partial charge on any atom is 0.186 e. The lowest BCUT2D eigenvalue weighted by Crippen LogP contribution is -2.06. The van der Waals surface area contributed by atoms with Gasteiger partial charge < -0.3 is 4.74 Å². The minimum atomic E-state index is 0.369. The topological polar surface area (TPSA) is 63.7 Å². The molecule has 2 aromatic carbocycles. The summed E-state index contributed by atoms with van der Waals surface area (Å²) in [4.78, 5) is 0. The molecule has 0 fully saturated rings. The van der Waals surface area contributed by atoms with Crippen LogP contribution in [0.25, 0.3) is 5.69 Å². The van der Waals surface area contributed by atoms with Crippen LogP contribution >= 0.6 is 0 Å². The van der Waals surface area contributed by atoms with E-state index >= 15 is 0 Å². The second-order valence-electron chi connectivity index (χ2n) is 5.01. The third-order valence-corrected chi connectivity index (χ3v) is 3.44. The number of ether oxygens (including phenoxy) is 1. The van der Waals surface area contributed by atoms with E-state index in [-0.39, 0.29) is 0 Å². The lowest BCUT2D eigenvalue weighted by molar-refractivity contribution is 0.310. The third kappa shape index (κ3) is 3.55. The molecular formula is C18H16N4O. The highest BCUT2D eigenvalue weighted by atomic mass is 16.5. The molecule has 0 amide bonds. The lowest BCUT2D eigenvalue weighted by Gasteiger charge is -2.08. The average molecular weight is 304 g/mol. The van der Waals surface area contributed by atoms with Crippen LogP contribution < -0.4 is 4.74 Å². The molecule has 114 valence electrons. The summed E-state index contributed by atoms with van der Waals surface area (Å²) in [6.45, 7) is 0.578. The van der Waals surface area contributed by atoms with Gasteiger partial charge in [0.15, 0.2) is 5.69 Å². The number of para-hydroxylation sites is 2. The van der Waals surface area contributed by atoms with E-state index in [1.807, 2.05) is 60.7 Å². The van der Waals surface area contributed by atoms with E-state index in [4.69, 9.17) is 4.74 Å². The normalized spacial score (nSPS) is 10.2. The van der Waals surface area contributed by atoms with E-state index < -0.39 is 0 Å². The van der Waals surface area contributed by atoms with Crippen LogP contribution in [0.3, 0.4) is 0 Å². The molecule has 5 nitrogen and oxygen atoms in total. The van der Waals surface area contributed by atoms with Gasteiger partial charge in [0.25, 0.3) is 0 Å². The predicted molar refractivity (Wildman–Crippen MR) is 86.3 cm³/mol. The molecule has 0 aliphatic heterocycles.